The number of fused-ring (bicyclic) bond motifs is 3. The number of primary amides is 1. The Labute approximate surface area is 197 Å². The van der Waals surface area contributed by atoms with Crippen molar-refractivity contribution < 1.29 is 29.0 Å². The smallest absolute Gasteiger partial charge is 0.407 e. The maximum absolute atomic E-state index is 12.7. The van der Waals surface area contributed by atoms with Crippen LogP contribution in [0.25, 0.3) is 11.1 Å². The van der Waals surface area contributed by atoms with E-state index in [4.69, 9.17) is 10.5 Å². The van der Waals surface area contributed by atoms with E-state index in [1.807, 2.05) is 48.5 Å². The van der Waals surface area contributed by atoms with E-state index in [2.05, 4.69) is 10.6 Å². The van der Waals surface area contributed by atoms with Gasteiger partial charge in [-0.2, -0.15) is 0 Å². The van der Waals surface area contributed by atoms with Gasteiger partial charge in [-0.3, -0.25) is 9.59 Å². The summed E-state index contributed by atoms with van der Waals surface area (Å²) in [5.74, 6) is -3.11. The van der Waals surface area contributed by atoms with Crippen LogP contribution in [0.2, 0.25) is 0 Å². The van der Waals surface area contributed by atoms with Gasteiger partial charge in [0.2, 0.25) is 11.8 Å². The molecule has 34 heavy (non-hydrogen) atoms. The number of benzene rings is 2. The second-order valence-corrected chi connectivity index (χ2v) is 8.60. The highest BCUT2D eigenvalue weighted by Gasteiger charge is 2.31. The summed E-state index contributed by atoms with van der Waals surface area (Å²) in [5, 5.41) is 14.2. The quantitative estimate of drug-likeness (QED) is 0.422. The fourth-order valence-electron chi connectivity index (χ4n) is 4.11. The molecule has 0 saturated carbocycles. The maximum Gasteiger partial charge on any atom is 0.407 e. The van der Waals surface area contributed by atoms with Gasteiger partial charge in [-0.05, 0) is 34.6 Å². The number of alkyl carbamates (subject to hydrolysis) is 1. The van der Waals surface area contributed by atoms with Crippen LogP contribution in [-0.4, -0.2) is 47.7 Å². The number of nitrogens with two attached hydrogens (primary N) is 1. The van der Waals surface area contributed by atoms with Crippen molar-refractivity contribution in [2.24, 2.45) is 11.7 Å². The summed E-state index contributed by atoms with van der Waals surface area (Å²) in [6.07, 6.45) is -1.10. The first-order valence-electron chi connectivity index (χ1n) is 11.1. The number of carboxylic acids is 1. The number of carbonyl (C=O) groups excluding carboxylic acids is 3. The second-order valence-electron chi connectivity index (χ2n) is 8.60. The van der Waals surface area contributed by atoms with E-state index in [0.29, 0.717) is 0 Å². The van der Waals surface area contributed by atoms with Crippen molar-refractivity contribution in [3.05, 3.63) is 59.7 Å². The van der Waals surface area contributed by atoms with Crippen molar-refractivity contribution in [1.82, 2.24) is 10.6 Å². The minimum absolute atomic E-state index is 0.0494. The molecule has 0 aromatic heterocycles. The fourth-order valence-corrected chi connectivity index (χ4v) is 4.11. The summed E-state index contributed by atoms with van der Waals surface area (Å²) < 4.78 is 5.46. The van der Waals surface area contributed by atoms with Crippen LogP contribution in [0.3, 0.4) is 0 Å². The van der Waals surface area contributed by atoms with E-state index >= 15 is 0 Å². The Balaban J connectivity index is 1.68. The molecule has 2 atom stereocenters. The Morgan fingerprint density at radius 3 is 2.03 bits per heavy atom. The highest BCUT2D eigenvalue weighted by molar-refractivity contribution is 5.90. The Kier molecular flexibility index (Phi) is 7.88. The topological polar surface area (TPSA) is 148 Å². The number of hydrogen-bond acceptors (Lipinski definition) is 5. The van der Waals surface area contributed by atoms with E-state index in [1.165, 1.54) is 0 Å². The van der Waals surface area contributed by atoms with Crippen LogP contribution >= 0.6 is 0 Å². The molecular formula is C25H29N3O6. The van der Waals surface area contributed by atoms with Crippen molar-refractivity contribution in [2.75, 3.05) is 6.61 Å². The molecule has 0 aliphatic heterocycles. The molecule has 0 saturated heterocycles. The van der Waals surface area contributed by atoms with E-state index in [-0.39, 0.29) is 31.3 Å². The van der Waals surface area contributed by atoms with Gasteiger partial charge in [0.25, 0.3) is 0 Å². The van der Waals surface area contributed by atoms with Crippen molar-refractivity contribution >= 4 is 23.9 Å². The van der Waals surface area contributed by atoms with E-state index in [9.17, 15) is 24.3 Å². The molecule has 0 heterocycles. The predicted octanol–water partition coefficient (Wildman–Crippen LogP) is 2.38. The zero-order chi connectivity index (χ0) is 24.8. The monoisotopic (exact) mass is 467 g/mol. The molecule has 3 amide bonds. The van der Waals surface area contributed by atoms with Crippen molar-refractivity contribution in [2.45, 2.75) is 44.7 Å². The standard InChI is InChI=1S/C25H29N3O6/c1-14(2)22(24(31)32)28-23(30)20(11-12-21(26)29)27-25(33)34-13-19-17-9-5-3-7-15(17)16-8-4-6-10-18(16)19/h3-10,14,19-20,22H,11-13H2,1-2H3,(H2,26,29)(H,27,33)(H,28,30)(H,31,32)/t20-,22-/m0/s1. The fraction of sp³-hybridized carbons (Fsp3) is 0.360. The zero-order valence-electron chi connectivity index (χ0n) is 19.1. The highest BCUT2D eigenvalue weighted by Crippen LogP contribution is 2.44. The molecule has 0 unspecified atom stereocenters. The first kappa shape index (κ1) is 24.8. The molecule has 3 rings (SSSR count). The summed E-state index contributed by atoms with van der Waals surface area (Å²) >= 11 is 0. The van der Waals surface area contributed by atoms with Crippen LogP contribution in [0.4, 0.5) is 4.79 Å². The number of nitrogens with one attached hydrogen (secondary N) is 2. The van der Waals surface area contributed by atoms with Crippen LogP contribution in [0, 0.1) is 5.92 Å². The average molecular weight is 468 g/mol. The van der Waals surface area contributed by atoms with Crippen LogP contribution in [0.1, 0.15) is 43.7 Å². The third-order valence-electron chi connectivity index (χ3n) is 5.86. The van der Waals surface area contributed by atoms with Crippen LogP contribution in [-0.2, 0) is 19.1 Å². The van der Waals surface area contributed by atoms with Crippen molar-refractivity contribution in [1.29, 1.82) is 0 Å². The van der Waals surface area contributed by atoms with Crippen molar-refractivity contribution in [3.8, 4) is 11.1 Å². The minimum Gasteiger partial charge on any atom is -0.480 e. The summed E-state index contributed by atoms with van der Waals surface area (Å²) in [5.41, 5.74) is 9.44. The Morgan fingerprint density at radius 1 is 0.971 bits per heavy atom. The van der Waals surface area contributed by atoms with Crippen LogP contribution in [0.5, 0.6) is 0 Å². The molecule has 0 radical (unpaired) electrons. The molecule has 0 fully saturated rings. The Hall–Kier alpha value is -3.88. The molecule has 0 spiro atoms. The van der Waals surface area contributed by atoms with Gasteiger partial charge in [-0.15, -0.1) is 0 Å². The molecule has 9 heteroatoms. The third kappa shape index (κ3) is 5.72. The van der Waals surface area contributed by atoms with Gasteiger partial charge in [0.15, 0.2) is 0 Å². The largest absolute Gasteiger partial charge is 0.480 e. The first-order chi connectivity index (χ1) is 16.2. The van der Waals surface area contributed by atoms with E-state index in [1.54, 1.807) is 13.8 Å². The first-order valence-corrected chi connectivity index (χ1v) is 11.1. The number of hydrogen-bond donors (Lipinski definition) is 4. The van der Waals surface area contributed by atoms with Gasteiger partial charge in [-0.1, -0.05) is 62.4 Å². The molecule has 1 aliphatic rings. The molecule has 0 bridgehead atoms. The Bertz CT molecular complexity index is 1040. The molecule has 9 nitrogen and oxygen atoms in total. The molecule has 2 aromatic rings. The van der Waals surface area contributed by atoms with Gasteiger partial charge in [-0.25, -0.2) is 9.59 Å². The number of ether oxygens (including phenoxy) is 1. The van der Waals surface area contributed by atoms with Crippen LogP contribution < -0.4 is 16.4 Å². The van der Waals surface area contributed by atoms with E-state index < -0.39 is 36.0 Å². The minimum atomic E-state index is -1.20. The second kappa shape index (κ2) is 10.8. The predicted molar refractivity (Wildman–Crippen MR) is 125 cm³/mol. The van der Waals surface area contributed by atoms with Gasteiger partial charge < -0.3 is 26.2 Å². The highest BCUT2D eigenvalue weighted by atomic mass is 16.5. The molecule has 1 aliphatic carbocycles. The summed E-state index contributed by atoms with van der Waals surface area (Å²) in [7, 11) is 0. The summed E-state index contributed by atoms with van der Waals surface area (Å²) in [6.45, 7) is 3.35. The number of aliphatic carboxylic acids is 1. The number of rotatable bonds is 10. The van der Waals surface area contributed by atoms with Gasteiger partial charge in [0, 0.05) is 12.3 Å². The molecule has 180 valence electrons. The van der Waals surface area contributed by atoms with Gasteiger partial charge >= 0.3 is 12.1 Å². The number of carbonyl (C=O) groups is 4. The van der Waals surface area contributed by atoms with Gasteiger partial charge in [0.05, 0.1) is 0 Å². The lowest BCUT2D eigenvalue weighted by Gasteiger charge is -2.23. The maximum atomic E-state index is 12.7. The van der Waals surface area contributed by atoms with Crippen molar-refractivity contribution in [3.63, 3.8) is 0 Å². The lowest BCUT2D eigenvalue weighted by atomic mass is 9.98. The SMILES string of the molecule is CC(C)[C@H](NC(=O)[C@H](CCC(N)=O)NC(=O)OCC1c2ccccc2-c2ccccc21)C(=O)O. The summed E-state index contributed by atoms with van der Waals surface area (Å²) in [6, 6.07) is 13.5. The lowest BCUT2D eigenvalue weighted by Crippen LogP contribution is -2.53. The third-order valence-corrected chi connectivity index (χ3v) is 5.86. The normalized spacial score (nSPS) is 14.0. The van der Waals surface area contributed by atoms with Crippen LogP contribution in [0.15, 0.2) is 48.5 Å². The number of amides is 3. The lowest BCUT2D eigenvalue weighted by molar-refractivity contribution is -0.143. The summed E-state index contributed by atoms with van der Waals surface area (Å²) in [4.78, 5) is 48.0. The molecule has 5 N–H and O–H groups in total. The van der Waals surface area contributed by atoms with Gasteiger partial charge in [0.1, 0.15) is 18.7 Å². The zero-order valence-corrected chi connectivity index (χ0v) is 19.1. The Morgan fingerprint density at radius 2 is 1.53 bits per heavy atom. The number of carboxylic acid groups (broad SMARTS) is 1. The average Bonchev–Trinajstić information content (AvgIpc) is 3.11. The molecular weight excluding hydrogens is 438 g/mol. The van der Waals surface area contributed by atoms with E-state index in [0.717, 1.165) is 22.3 Å². The molecule has 2 aromatic carbocycles.